The van der Waals surface area contributed by atoms with Crippen LogP contribution in [0.15, 0.2) is 12.1 Å². The van der Waals surface area contributed by atoms with Crippen LogP contribution in [-0.4, -0.2) is 32.3 Å². The predicted molar refractivity (Wildman–Crippen MR) is 90.3 cm³/mol. The summed E-state index contributed by atoms with van der Waals surface area (Å²) in [6, 6.07) is 3.27. The molecule has 1 aromatic rings. The normalized spacial score (nSPS) is 14.6. The van der Waals surface area contributed by atoms with Crippen molar-refractivity contribution in [3.05, 3.63) is 17.9 Å². The van der Waals surface area contributed by atoms with Gasteiger partial charge in [0.2, 0.25) is 0 Å². The Balaban J connectivity index is 0.000000322. The van der Waals surface area contributed by atoms with E-state index in [-0.39, 0.29) is 17.1 Å². The molecule has 0 radical (unpaired) electrons. The van der Waals surface area contributed by atoms with Crippen LogP contribution in [-0.2, 0) is 9.53 Å². The summed E-state index contributed by atoms with van der Waals surface area (Å²) in [6.07, 6.45) is 3.40. The number of nitrogen functional groups attached to an aromatic ring is 1. The van der Waals surface area contributed by atoms with E-state index in [4.69, 9.17) is 10.5 Å². The average Bonchev–Trinajstić information content (AvgIpc) is 2.50. The van der Waals surface area contributed by atoms with E-state index in [9.17, 15) is 9.18 Å². The number of nitrogens with two attached hydrogens (primary N) is 1. The van der Waals surface area contributed by atoms with E-state index in [0.29, 0.717) is 17.9 Å². The van der Waals surface area contributed by atoms with E-state index in [1.807, 2.05) is 25.7 Å². The summed E-state index contributed by atoms with van der Waals surface area (Å²) >= 11 is 0. The van der Waals surface area contributed by atoms with Gasteiger partial charge < -0.3 is 20.1 Å². The van der Waals surface area contributed by atoms with Crippen molar-refractivity contribution in [3.8, 4) is 5.75 Å². The Bertz CT molecular complexity index is 509. The molecule has 1 aliphatic rings. The second kappa shape index (κ2) is 8.60. The molecule has 1 saturated heterocycles. The van der Waals surface area contributed by atoms with Gasteiger partial charge in [0.25, 0.3) is 6.47 Å². The molecule has 0 aromatic heterocycles. The van der Waals surface area contributed by atoms with Crippen LogP contribution >= 0.6 is 0 Å². The maximum atomic E-state index is 14.0. The molecule has 0 unspecified atom stereocenters. The number of anilines is 2. The number of ether oxygens (including phenoxy) is 2. The zero-order chi connectivity index (χ0) is 17.5. The van der Waals surface area contributed by atoms with Crippen LogP contribution in [0, 0.1) is 5.82 Å². The first-order valence-corrected chi connectivity index (χ1v) is 7.78. The van der Waals surface area contributed by atoms with Gasteiger partial charge in [0.15, 0.2) is 5.82 Å². The number of carbonyl (C=O) groups is 1. The van der Waals surface area contributed by atoms with Gasteiger partial charge in [-0.15, -0.1) is 0 Å². The first kappa shape index (κ1) is 19.1. The number of hydrogen-bond acceptors (Lipinski definition) is 5. The van der Waals surface area contributed by atoms with Gasteiger partial charge in [0, 0.05) is 13.1 Å². The van der Waals surface area contributed by atoms with Gasteiger partial charge in [-0.25, -0.2) is 4.39 Å². The van der Waals surface area contributed by atoms with Gasteiger partial charge in [-0.1, -0.05) is 0 Å². The maximum Gasteiger partial charge on any atom is 0.293 e. The molecule has 1 aliphatic heterocycles. The number of carbonyl (C=O) groups excluding carboxylic acids is 1. The van der Waals surface area contributed by atoms with Crippen molar-refractivity contribution in [3.63, 3.8) is 0 Å². The molecule has 23 heavy (non-hydrogen) atoms. The monoisotopic (exact) mass is 326 g/mol. The standard InChI is InChI=1S/C12H17FN2O.C5H10O2/c1-16-10-6-5-9(14)11(13)12(10)15-7-3-2-4-8-15;1-5(2,3)7-4-6/h5-6H,2-4,7-8,14H2,1H3;4H,1-3H3. The number of piperidine rings is 1. The molecule has 0 bridgehead atoms. The van der Waals surface area contributed by atoms with E-state index >= 15 is 0 Å². The second-order valence-corrected chi connectivity index (χ2v) is 6.39. The molecule has 5 nitrogen and oxygen atoms in total. The quantitative estimate of drug-likeness (QED) is 0.681. The fourth-order valence-corrected chi connectivity index (χ4v) is 2.28. The summed E-state index contributed by atoms with van der Waals surface area (Å²) < 4.78 is 23.7. The predicted octanol–water partition coefficient (Wildman–Crippen LogP) is 3.36. The van der Waals surface area contributed by atoms with Crippen molar-refractivity contribution in [2.24, 2.45) is 0 Å². The molecule has 1 aromatic carbocycles. The highest BCUT2D eigenvalue weighted by Gasteiger charge is 2.20. The van der Waals surface area contributed by atoms with E-state index in [1.165, 1.54) is 6.42 Å². The SMILES string of the molecule is CC(C)(C)OC=O.COc1ccc(N)c(F)c1N1CCCCC1. The van der Waals surface area contributed by atoms with Gasteiger partial charge in [0.05, 0.1) is 12.8 Å². The molecule has 0 spiro atoms. The number of hydrogen-bond donors (Lipinski definition) is 1. The molecule has 2 N–H and O–H groups in total. The third kappa shape index (κ3) is 5.96. The molecule has 1 heterocycles. The lowest BCUT2D eigenvalue weighted by Gasteiger charge is -2.30. The van der Waals surface area contributed by atoms with Gasteiger partial charge in [-0.05, 0) is 52.2 Å². The molecule has 2 rings (SSSR count). The van der Waals surface area contributed by atoms with Crippen molar-refractivity contribution in [1.29, 1.82) is 0 Å². The minimum atomic E-state index is -0.360. The molecule has 0 aliphatic carbocycles. The van der Waals surface area contributed by atoms with E-state index in [0.717, 1.165) is 25.9 Å². The minimum Gasteiger partial charge on any atom is -0.494 e. The largest absolute Gasteiger partial charge is 0.494 e. The Kier molecular flexibility index (Phi) is 7.13. The third-order valence-electron chi connectivity index (χ3n) is 3.40. The average molecular weight is 326 g/mol. The minimum absolute atomic E-state index is 0.182. The smallest absolute Gasteiger partial charge is 0.293 e. The lowest BCUT2D eigenvalue weighted by molar-refractivity contribution is -0.138. The molecule has 0 amide bonds. The topological polar surface area (TPSA) is 64.8 Å². The summed E-state index contributed by atoms with van der Waals surface area (Å²) in [7, 11) is 1.55. The number of halogens is 1. The van der Waals surface area contributed by atoms with Crippen LogP contribution in [0.3, 0.4) is 0 Å². The maximum absolute atomic E-state index is 14.0. The van der Waals surface area contributed by atoms with Crippen LogP contribution < -0.4 is 15.4 Å². The fourth-order valence-electron chi connectivity index (χ4n) is 2.28. The van der Waals surface area contributed by atoms with E-state index in [1.54, 1.807) is 19.2 Å². The molecule has 0 atom stereocenters. The van der Waals surface area contributed by atoms with E-state index < -0.39 is 0 Å². The lowest BCUT2D eigenvalue weighted by Crippen LogP contribution is -2.30. The summed E-state index contributed by atoms with van der Waals surface area (Å²) in [5.74, 6) is 0.204. The van der Waals surface area contributed by atoms with Crippen LogP contribution in [0.25, 0.3) is 0 Å². The molecule has 6 heteroatoms. The first-order chi connectivity index (χ1) is 10.8. The van der Waals surface area contributed by atoms with Gasteiger partial charge in [-0.3, -0.25) is 4.79 Å². The zero-order valence-electron chi connectivity index (χ0n) is 14.4. The number of nitrogens with zero attached hydrogens (tertiary/aromatic N) is 1. The Morgan fingerprint density at radius 1 is 1.22 bits per heavy atom. The van der Waals surface area contributed by atoms with Gasteiger partial charge in [-0.2, -0.15) is 0 Å². The Labute approximate surface area is 137 Å². The highest BCUT2D eigenvalue weighted by atomic mass is 19.1. The van der Waals surface area contributed by atoms with Crippen LogP contribution in [0.2, 0.25) is 0 Å². The van der Waals surface area contributed by atoms with Crippen molar-refractivity contribution in [2.45, 2.75) is 45.6 Å². The van der Waals surface area contributed by atoms with Crippen LogP contribution in [0.4, 0.5) is 15.8 Å². The third-order valence-corrected chi connectivity index (χ3v) is 3.40. The van der Waals surface area contributed by atoms with Crippen molar-refractivity contribution in [2.75, 3.05) is 30.8 Å². The van der Waals surface area contributed by atoms with E-state index in [2.05, 4.69) is 4.74 Å². The molecular formula is C17H27FN2O3. The highest BCUT2D eigenvalue weighted by molar-refractivity contribution is 5.66. The summed E-state index contributed by atoms with van der Waals surface area (Å²) in [5.41, 5.74) is 5.97. The molecule has 130 valence electrons. The molecular weight excluding hydrogens is 299 g/mol. The zero-order valence-corrected chi connectivity index (χ0v) is 14.4. The van der Waals surface area contributed by atoms with Crippen LogP contribution in [0.1, 0.15) is 40.0 Å². The number of rotatable bonds is 3. The first-order valence-electron chi connectivity index (χ1n) is 7.78. The van der Waals surface area contributed by atoms with Gasteiger partial charge in [0.1, 0.15) is 17.0 Å². The molecule has 0 saturated carbocycles. The Morgan fingerprint density at radius 3 is 2.26 bits per heavy atom. The number of benzene rings is 1. The Hall–Kier alpha value is -1.98. The summed E-state index contributed by atoms with van der Waals surface area (Å²) in [5, 5.41) is 0. The summed E-state index contributed by atoms with van der Waals surface area (Å²) in [6.45, 7) is 7.66. The lowest BCUT2D eigenvalue weighted by atomic mass is 10.1. The Morgan fingerprint density at radius 2 is 1.83 bits per heavy atom. The second-order valence-electron chi connectivity index (χ2n) is 6.39. The van der Waals surface area contributed by atoms with Crippen LogP contribution in [0.5, 0.6) is 5.75 Å². The fraction of sp³-hybridized carbons (Fsp3) is 0.588. The highest BCUT2D eigenvalue weighted by Crippen LogP contribution is 2.35. The van der Waals surface area contributed by atoms with Crippen molar-refractivity contribution < 1.29 is 18.7 Å². The van der Waals surface area contributed by atoms with Crippen molar-refractivity contribution >= 4 is 17.8 Å². The molecule has 1 fully saturated rings. The van der Waals surface area contributed by atoms with Gasteiger partial charge >= 0.3 is 0 Å². The summed E-state index contributed by atoms with van der Waals surface area (Å²) in [4.78, 5) is 11.6. The van der Waals surface area contributed by atoms with Crippen molar-refractivity contribution in [1.82, 2.24) is 0 Å². The number of methoxy groups -OCH3 is 1.